The van der Waals surface area contributed by atoms with Crippen molar-refractivity contribution in [2.45, 2.75) is 0 Å². The topological polar surface area (TPSA) is 0 Å². The summed E-state index contributed by atoms with van der Waals surface area (Å²) in [6, 6.07) is 0. The Balaban J connectivity index is 3.51. The van der Waals surface area contributed by atoms with E-state index in [9.17, 15) is 0 Å². The van der Waals surface area contributed by atoms with Gasteiger partial charge in [-0.1, -0.05) is 29.1 Å². The van der Waals surface area contributed by atoms with Crippen molar-refractivity contribution in [1.29, 1.82) is 0 Å². The van der Waals surface area contributed by atoms with Crippen LogP contribution in [0.4, 0.5) is 0 Å². The average Bonchev–Trinajstić information content (AvgIpc) is 1.35. The lowest BCUT2D eigenvalue weighted by Crippen LogP contribution is -1.44. The number of terminal acetylenes is 1. The second-order valence-corrected chi connectivity index (χ2v) is 1.61. The Kier molecular flexibility index (Phi) is 3.02. The van der Waals surface area contributed by atoms with Crippen molar-refractivity contribution in [3.05, 3.63) is 10.6 Å². The van der Waals surface area contributed by atoms with Crippen LogP contribution in [0.5, 0.6) is 0 Å². The highest BCUT2D eigenvalue weighted by atomic mass is 35.5. The molecule has 0 aliphatic carbocycles. The molecule has 0 spiro atoms. The molecule has 0 bridgehead atoms. The van der Waals surface area contributed by atoms with E-state index < -0.39 is 0 Å². The molecule has 0 aromatic carbocycles. The minimum absolute atomic E-state index is 0.123. The second kappa shape index (κ2) is 3.08. The molecule has 0 atom stereocenters. The van der Waals surface area contributed by atoms with Gasteiger partial charge < -0.3 is 0 Å². The lowest BCUT2D eigenvalue weighted by Gasteiger charge is -1.66. The molecule has 0 radical (unpaired) electrons. The van der Waals surface area contributed by atoms with Crippen LogP contribution in [0, 0.1) is 12.3 Å². The van der Waals surface area contributed by atoms with E-state index in [0.717, 1.165) is 0 Å². The molecule has 0 rings (SSSR count). The van der Waals surface area contributed by atoms with Gasteiger partial charge in [0.15, 0.2) is 0 Å². The maximum absolute atomic E-state index is 5.06. The molecule has 0 aromatic heterocycles. The molecule has 0 unspecified atom stereocenters. The van der Waals surface area contributed by atoms with Crippen LogP contribution in [-0.2, 0) is 0 Å². The molecule has 0 saturated carbocycles. The summed E-state index contributed by atoms with van der Waals surface area (Å²) in [5.41, 5.74) is 0. The van der Waals surface area contributed by atoms with Crippen molar-refractivity contribution in [2.75, 3.05) is 0 Å². The summed E-state index contributed by atoms with van der Waals surface area (Å²) in [5, 5.41) is 0. The van der Waals surface area contributed by atoms with Gasteiger partial charge in [-0.15, -0.1) is 6.42 Å². The molecular formula is C4H2Cl2. The van der Waals surface area contributed by atoms with E-state index in [4.69, 9.17) is 29.6 Å². The monoisotopic (exact) mass is 120 g/mol. The molecular weight excluding hydrogens is 119 g/mol. The fourth-order valence-corrected chi connectivity index (χ4v) is 0.189. The lowest BCUT2D eigenvalue weighted by molar-refractivity contribution is 2.20. The minimum atomic E-state index is 0.123. The van der Waals surface area contributed by atoms with Gasteiger partial charge in [-0.3, -0.25) is 0 Å². The molecule has 0 heterocycles. The van der Waals surface area contributed by atoms with Crippen molar-refractivity contribution in [3.8, 4) is 12.3 Å². The molecule has 0 amide bonds. The summed E-state index contributed by atoms with van der Waals surface area (Å²) < 4.78 is 0.123. The first kappa shape index (κ1) is 5.88. The zero-order valence-electron chi connectivity index (χ0n) is 2.91. The van der Waals surface area contributed by atoms with Gasteiger partial charge in [-0.25, -0.2) is 0 Å². The highest BCUT2D eigenvalue weighted by molar-refractivity contribution is 6.56. The Bertz CT molecular complexity index is 92.6. The van der Waals surface area contributed by atoms with Crippen molar-refractivity contribution in [3.63, 3.8) is 0 Å². The molecule has 0 aliphatic rings. The van der Waals surface area contributed by atoms with Crippen LogP contribution < -0.4 is 0 Å². The Labute approximate surface area is 46.8 Å². The van der Waals surface area contributed by atoms with Gasteiger partial charge in [0.1, 0.15) is 4.49 Å². The third kappa shape index (κ3) is 3.88. The number of halogens is 2. The van der Waals surface area contributed by atoms with Crippen molar-refractivity contribution < 1.29 is 0 Å². The van der Waals surface area contributed by atoms with Gasteiger partial charge >= 0.3 is 0 Å². The summed E-state index contributed by atoms with van der Waals surface area (Å²) in [4.78, 5) is 0. The molecule has 32 valence electrons. The predicted octanol–water partition coefficient (Wildman–Crippen LogP) is 1.94. The zero-order chi connectivity index (χ0) is 4.99. The van der Waals surface area contributed by atoms with Crippen LogP contribution in [0.3, 0.4) is 0 Å². The van der Waals surface area contributed by atoms with E-state index in [1.165, 1.54) is 6.08 Å². The maximum Gasteiger partial charge on any atom is 0.115 e. The first-order valence-corrected chi connectivity index (χ1v) is 2.00. The van der Waals surface area contributed by atoms with Crippen molar-refractivity contribution in [2.24, 2.45) is 0 Å². The Morgan fingerprint density at radius 3 is 2.17 bits per heavy atom. The first-order chi connectivity index (χ1) is 2.77. The van der Waals surface area contributed by atoms with Crippen LogP contribution in [0.1, 0.15) is 0 Å². The second-order valence-electron chi connectivity index (χ2n) is 0.601. The normalized spacial score (nSPS) is 6.17. The van der Waals surface area contributed by atoms with Crippen LogP contribution in [0.25, 0.3) is 0 Å². The third-order valence-corrected chi connectivity index (χ3v) is 0.411. The van der Waals surface area contributed by atoms with E-state index in [1.807, 2.05) is 0 Å². The van der Waals surface area contributed by atoms with E-state index in [0.29, 0.717) is 0 Å². The average molecular weight is 121 g/mol. The number of rotatable bonds is 0. The standard InChI is InChI=1S/C4H2Cl2/c1-2-3-4(5)6/h1,3H. The van der Waals surface area contributed by atoms with Gasteiger partial charge in [-0.2, -0.15) is 0 Å². The fraction of sp³-hybridized carbons (Fsp3) is 0. The van der Waals surface area contributed by atoms with Gasteiger partial charge in [0.25, 0.3) is 0 Å². The van der Waals surface area contributed by atoms with Crippen LogP contribution in [-0.4, -0.2) is 0 Å². The molecule has 0 fully saturated rings. The van der Waals surface area contributed by atoms with E-state index in [-0.39, 0.29) is 4.49 Å². The van der Waals surface area contributed by atoms with E-state index in [1.54, 1.807) is 0 Å². The van der Waals surface area contributed by atoms with Gasteiger partial charge in [0.2, 0.25) is 0 Å². The molecule has 0 saturated heterocycles. The predicted molar refractivity (Wildman–Crippen MR) is 28.6 cm³/mol. The SMILES string of the molecule is C#CC=C(Cl)Cl. The van der Waals surface area contributed by atoms with Crippen molar-refractivity contribution >= 4 is 23.2 Å². The third-order valence-electron chi connectivity index (χ3n) is 0.192. The molecule has 0 nitrogen and oxygen atoms in total. The van der Waals surface area contributed by atoms with Crippen LogP contribution in [0.2, 0.25) is 0 Å². The minimum Gasteiger partial charge on any atom is -0.115 e. The van der Waals surface area contributed by atoms with Gasteiger partial charge in [0.05, 0.1) is 0 Å². The fourth-order valence-electron chi connectivity index (χ4n) is 0.0630. The molecule has 6 heavy (non-hydrogen) atoms. The van der Waals surface area contributed by atoms with Crippen molar-refractivity contribution in [1.82, 2.24) is 0 Å². The Morgan fingerprint density at radius 2 is 2.17 bits per heavy atom. The smallest absolute Gasteiger partial charge is 0.115 e. The highest BCUT2D eigenvalue weighted by Gasteiger charge is 1.71. The van der Waals surface area contributed by atoms with Crippen LogP contribution in [0.15, 0.2) is 10.6 Å². The number of hydrogen-bond acceptors (Lipinski definition) is 0. The zero-order valence-corrected chi connectivity index (χ0v) is 4.42. The van der Waals surface area contributed by atoms with Gasteiger partial charge in [-0.05, 0) is 0 Å². The number of allylic oxidation sites excluding steroid dienone is 1. The van der Waals surface area contributed by atoms with Gasteiger partial charge in [0, 0.05) is 6.08 Å². The molecule has 2 heteroatoms. The molecule has 0 N–H and O–H groups in total. The Hall–Kier alpha value is -0.120. The highest BCUT2D eigenvalue weighted by Crippen LogP contribution is 2.03. The molecule has 0 aliphatic heterocycles. The largest absolute Gasteiger partial charge is 0.115 e. The summed E-state index contributed by atoms with van der Waals surface area (Å²) in [6.45, 7) is 0. The van der Waals surface area contributed by atoms with Crippen LogP contribution >= 0.6 is 23.2 Å². The summed E-state index contributed by atoms with van der Waals surface area (Å²) in [7, 11) is 0. The molecule has 0 aromatic rings. The van der Waals surface area contributed by atoms with E-state index in [2.05, 4.69) is 5.92 Å². The summed E-state index contributed by atoms with van der Waals surface area (Å²) in [6.07, 6.45) is 6.00. The van der Waals surface area contributed by atoms with E-state index >= 15 is 0 Å². The number of hydrogen-bond donors (Lipinski definition) is 0. The first-order valence-electron chi connectivity index (χ1n) is 1.24. The summed E-state index contributed by atoms with van der Waals surface area (Å²) >= 11 is 10.1. The summed E-state index contributed by atoms with van der Waals surface area (Å²) in [5.74, 6) is 2.14. The lowest BCUT2D eigenvalue weighted by atomic mass is 10.7. The quantitative estimate of drug-likeness (QED) is 0.429. The maximum atomic E-state index is 5.06. The Morgan fingerprint density at radius 1 is 1.67 bits per heavy atom.